The standard InChI is InChI=1S/C24H31ClN4O3S/c1-33(31,32)29-18-24(21-4-2-3-5-22(21)29)11-15-28(16-12-24)23(30)27(17-13-26)14-10-19-6-8-20(25)9-7-19/h2-9H,10-18,26H2,1H3. The number of sulfonamides is 1. The molecule has 0 aromatic heterocycles. The Hall–Kier alpha value is -2.29. The van der Waals surface area contributed by atoms with Crippen molar-refractivity contribution in [2.24, 2.45) is 5.73 Å². The maximum atomic E-state index is 13.3. The largest absolute Gasteiger partial charge is 0.329 e. The van der Waals surface area contributed by atoms with E-state index in [0.29, 0.717) is 44.3 Å². The van der Waals surface area contributed by atoms with Gasteiger partial charge >= 0.3 is 6.03 Å². The third-order valence-electron chi connectivity index (χ3n) is 6.83. The van der Waals surface area contributed by atoms with Gasteiger partial charge in [0.25, 0.3) is 0 Å². The highest BCUT2D eigenvalue weighted by molar-refractivity contribution is 7.92. The summed E-state index contributed by atoms with van der Waals surface area (Å²) < 4.78 is 26.3. The van der Waals surface area contributed by atoms with Crippen LogP contribution < -0.4 is 10.0 Å². The number of fused-ring (bicyclic) bond motifs is 2. The molecule has 1 spiro atoms. The van der Waals surface area contributed by atoms with Gasteiger partial charge in [0, 0.05) is 49.7 Å². The molecule has 1 saturated heterocycles. The van der Waals surface area contributed by atoms with Crippen LogP contribution in [0.5, 0.6) is 0 Å². The fourth-order valence-electron chi connectivity index (χ4n) is 5.01. The summed E-state index contributed by atoms with van der Waals surface area (Å²) >= 11 is 5.97. The first-order chi connectivity index (χ1) is 15.7. The monoisotopic (exact) mass is 490 g/mol. The van der Waals surface area contributed by atoms with Crippen molar-refractivity contribution in [2.75, 3.05) is 49.8 Å². The van der Waals surface area contributed by atoms with Crippen molar-refractivity contribution in [2.45, 2.75) is 24.7 Å². The predicted molar refractivity (Wildman–Crippen MR) is 132 cm³/mol. The smallest absolute Gasteiger partial charge is 0.320 e. The van der Waals surface area contributed by atoms with Gasteiger partial charge in [0.15, 0.2) is 0 Å². The third-order valence-corrected chi connectivity index (χ3v) is 8.21. The van der Waals surface area contributed by atoms with Crippen LogP contribution in [0.2, 0.25) is 5.02 Å². The molecule has 0 unspecified atom stereocenters. The molecule has 2 amide bonds. The Balaban J connectivity index is 1.44. The number of anilines is 1. The number of nitrogens with zero attached hydrogens (tertiary/aromatic N) is 3. The molecule has 9 heteroatoms. The Bertz CT molecular complexity index is 1100. The van der Waals surface area contributed by atoms with E-state index in [1.807, 2.05) is 58.3 Å². The van der Waals surface area contributed by atoms with Crippen LogP contribution in [0.4, 0.5) is 10.5 Å². The molecule has 1 fully saturated rings. The second-order valence-electron chi connectivity index (χ2n) is 8.99. The van der Waals surface area contributed by atoms with E-state index in [4.69, 9.17) is 17.3 Å². The van der Waals surface area contributed by atoms with Gasteiger partial charge < -0.3 is 15.5 Å². The van der Waals surface area contributed by atoms with E-state index in [0.717, 1.165) is 36.1 Å². The van der Waals surface area contributed by atoms with Crippen LogP contribution >= 0.6 is 11.6 Å². The minimum absolute atomic E-state index is 0.00415. The lowest BCUT2D eigenvalue weighted by molar-refractivity contribution is 0.128. The summed E-state index contributed by atoms with van der Waals surface area (Å²) in [5.74, 6) is 0. The van der Waals surface area contributed by atoms with Crippen molar-refractivity contribution < 1.29 is 13.2 Å². The zero-order valence-corrected chi connectivity index (χ0v) is 20.5. The molecule has 0 radical (unpaired) electrons. The molecule has 2 N–H and O–H groups in total. The summed E-state index contributed by atoms with van der Waals surface area (Å²) in [6, 6.07) is 15.4. The molecule has 0 saturated carbocycles. The van der Waals surface area contributed by atoms with Crippen LogP contribution in [0.1, 0.15) is 24.0 Å². The molecule has 2 aliphatic rings. The molecule has 2 aliphatic heterocycles. The molecule has 33 heavy (non-hydrogen) atoms. The number of hydrogen-bond donors (Lipinski definition) is 1. The SMILES string of the molecule is CS(=O)(=O)N1CC2(CCN(C(=O)N(CCN)CCc3ccc(Cl)cc3)CC2)c2ccccc21. The van der Waals surface area contributed by atoms with Crippen molar-refractivity contribution in [1.29, 1.82) is 0 Å². The maximum absolute atomic E-state index is 13.3. The van der Waals surface area contributed by atoms with Crippen LogP contribution in [-0.2, 0) is 21.9 Å². The van der Waals surface area contributed by atoms with Gasteiger partial charge in [-0.3, -0.25) is 4.31 Å². The third kappa shape index (κ3) is 4.98. The van der Waals surface area contributed by atoms with Gasteiger partial charge in [-0.15, -0.1) is 0 Å². The van der Waals surface area contributed by atoms with E-state index in [1.54, 1.807) is 0 Å². The number of para-hydroxylation sites is 1. The first-order valence-corrected chi connectivity index (χ1v) is 13.5. The van der Waals surface area contributed by atoms with E-state index < -0.39 is 10.0 Å². The van der Waals surface area contributed by atoms with E-state index in [-0.39, 0.29) is 11.4 Å². The normalized spacial score (nSPS) is 17.3. The molecule has 4 rings (SSSR count). The predicted octanol–water partition coefficient (Wildman–Crippen LogP) is 3.08. The average molecular weight is 491 g/mol. The number of carbonyl (C=O) groups is 1. The van der Waals surface area contributed by atoms with Crippen molar-refractivity contribution in [3.63, 3.8) is 0 Å². The molecular weight excluding hydrogens is 460 g/mol. The van der Waals surface area contributed by atoms with E-state index in [1.165, 1.54) is 10.6 Å². The number of carbonyl (C=O) groups excluding carboxylic acids is 1. The maximum Gasteiger partial charge on any atom is 0.320 e. The minimum atomic E-state index is -3.36. The van der Waals surface area contributed by atoms with Crippen molar-refractivity contribution >= 4 is 33.3 Å². The summed E-state index contributed by atoms with van der Waals surface area (Å²) in [6.07, 6.45) is 3.45. The van der Waals surface area contributed by atoms with Crippen LogP contribution in [0.3, 0.4) is 0 Å². The summed E-state index contributed by atoms with van der Waals surface area (Å²) in [7, 11) is -3.36. The minimum Gasteiger partial charge on any atom is -0.329 e. The molecular formula is C24H31ClN4O3S. The summed E-state index contributed by atoms with van der Waals surface area (Å²) in [5, 5.41) is 0.693. The number of amides is 2. The van der Waals surface area contributed by atoms with Crippen molar-refractivity contribution in [3.8, 4) is 0 Å². The molecule has 0 atom stereocenters. The first-order valence-electron chi connectivity index (χ1n) is 11.3. The number of urea groups is 1. The Morgan fingerprint density at radius 3 is 2.39 bits per heavy atom. The highest BCUT2D eigenvalue weighted by Crippen LogP contribution is 2.47. The van der Waals surface area contributed by atoms with Crippen LogP contribution in [0.15, 0.2) is 48.5 Å². The van der Waals surface area contributed by atoms with Crippen LogP contribution in [0.25, 0.3) is 0 Å². The lowest BCUT2D eigenvalue weighted by Gasteiger charge is -2.41. The number of benzene rings is 2. The number of halogens is 1. The zero-order valence-electron chi connectivity index (χ0n) is 18.9. The number of nitrogens with two attached hydrogens (primary N) is 1. The molecule has 2 aromatic carbocycles. The average Bonchev–Trinajstić information content (AvgIpc) is 3.12. The van der Waals surface area contributed by atoms with Crippen LogP contribution in [-0.4, -0.2) is 69.8 Å². The van der Waals surface area contributed by atoms with Crippen molar-refractivity contribution in [1.82, 2.24) is 9.80 Å². The number of piperidine rings is 1. The number of likely N-dealkylation sites (tertiary alicyclic amines) is 1. The Morgan fingerprint density at radius 2 is 1.76 bits per heavy atom. The van der Waals surface area contributed by atoms with E-state index >= 15 is 0 Å². The Morgan fingerprint density at radius 1 is 1.09 bits per heavy atom. The lowest BCUT2D eigenvalue weighted by Crippen LogP contribution is -2.52. The molecule has 178 valence electrons. The summed E-state index contributed by atoms with van der Waals surface area (Å²) in [5.41, 5.74) is 8.51. The topological polar surface area (TPSA) is 87.0 Å². The van der Waals surface area contributed by atoms with Crippen molar-refractivity contribution in [3.05, 3.63) is 64.7 Å². The van der Waals surface area contributed by atoms with Gasteiger partial charge in [0.1, 0.15) is 0 Å². The second-order valence-corrected chi connectivity index (χ2v) is 11.3. The number of hydrogen-bond acceptors (Lipinski definition) is 4. The molecule has 0 bridgehead atoms. The van der Waals surface area contributed by atoms with Gasteiger partial charge in [-0.05, 0) is 48.6 Å². The van der Waals surface area contributed by atoms with Gasteiger partial charge in [-0.2, -0.15) is 0 Å². The van der Waals surface area contributed by atoms with E-state index in [2.05, 4.69) is 0 Å². The fraction of sp³-hybridized carbons (Fsp3) is 0.458. The molecule has 2 heterocycles. The molecule has 2 aromatic rings. The summed E-state index contributed by atoms with van der Waals surface area (Å²) in [4.78, 5) is 17.0. The van der Waals surface area contributed by atoms with Gasteiger partial charge in [-0.25, -0.2) is 13.2 Å². The summed E-state index contributed by atoms with van der Waals surface area (Å²) in [6.45, 7) is 3.11. The van der Waals surface area contributed by atoms with Gasteiger partial charge in [-0.1, -0.05) is 41.9 Å². The van der Waals surface area contributed by atoms with Gasteiger partial charge in [0.05, 0.1) is 11.9 Å². The quantitative estimate of drug-likeness (QED) is 0.674. The second kappa shape index (κ2) is 9.52. The lowest BCUT2D eigenvalue weighted by atomic mass is 9.74. The number of rotatable bonds is 6. The highest BCUT2D eigenvalue weighted by Gasteiger charge is 2.47. The Kier molecular flexibility index (Phi) is 6.88. The fourth-order valence-corrected chi connectivity index (χ4v) is 6.13. The highest BCUT2D eigenvalue weighted by atomic mass is 35.5. The zero-order chi connectivity index (χ0) is 23.6. The molecule has 7 nitrogen and oxygen atoms in total. The Labute approximate surface area is 201 Å². The van der Waals surface area contributed by atoms with E-state index in [9.17, 15) is 13.2 Å². The first kappa shape index (κ1) is 23.9. The van der Waals surface area contributed by atoms with Gasteiger partial charge in [0.2, 0.25) is 10.0 Å². The van der Waals surface area contributed by atoms with Crippen LogP contribution in [0, 0.1) is 0 Å². The molecule has 0 aliphatic carbocycles.